The summed E-state index contributed by atoms with van der Waals surface area (Å²) in [6, 6.07) is 0. The first-order valence-electron chi connectivity index (χ1n) is 0.577. The molecule has 7 heavy (non-hydrogen) atoms. The molecule has 0 heterocycles. The second-order valence-corrected chi connectivity index (χ2v) is 0. The van der Waals surface area contributed by atoms with Crippen molar-refractivity contribution in [1.29, 1.82) is 1.34 Å². The van der Waals surface area contributed by atoms with E-state index in [0.29, 0.717) is 0 Å². The molecule has 49 valence electrons. The summed E-state index contributed by atoms with van der Waals surface area (Å²) in [7, 11) is 3.75. The van der Waals surface area contributed by atoms with Gasteiger partial charge in [-0.2, -0.15) is 0 Å². The first-order valence-corrected chi connectivity index (χ1v) is 0. The maximum atomic E-state index is 5.25. The molecule has 0 atom stereocenters. The molecule has 0 aliphatic rings. The molecule has 0 amide bonds. The van der Waals surface area contributed by atoms with E-state index in [4.69, 9.17) is 1.34 Å². The Balaban J connectivity index is -0.000000000333. The van der Waals surface area contributed by atoms with Gasteiger partial charge in [0.15, 0.2) is 0 Å². The molecule has 0 aliphatic heterocycles. The van der Waals surface area contributed by atoms with Crippen LogP contribution in [0.25, 0.3) is 0 Å². The van der Waals surface area contributed by atoms with Gasteiger partial charge >= 0.3 is 0 Å². The molecular weight excluding hydrogens is 122 g/mol. The van der Waals surface area contributed by atoms with Crippen molar-refractivity contribution in [3.05, 3.63) is 0 Å². The monoisotopic (exact) mass is 145 g/mol. The van der Waals surface area contributed by atoms with Crippen LogP contribution in [-0.4, -0.2) is 9.71 Å². The van der Waals surface area contributed by atoms with Crippen LogP contribution in [0, 0.1) is 0 Å². The van der Waals surface area contributed by atoms with Gasteiger partial charge in [0, 0.05) is 26.9 Å². The molecule has 0 aromatic heterocycles. The summed E-state index contributed by atoms with van der Waals surface area (Å²) in [4.78, 5) is 0. The van der Waals surface area contributed by atoms with E-state index in [1.54, 1.807) is 0 Å². The van der Waals surface area contributed by atoms with Crippen molar-refractivity contribution in [2.45, 2.75) is 37.1 Å². The van der Waals surface area contributed by atoms with Crippen LogP contribution in [0.3, 0.4) is 0 Å². The molecule has 2 heteroatoms. The minimum absolute atomic E-state index is 0. The molecule has 0 aromatic carbocycles. The molecule has 0 rings (SSSR count). The van der Waals surface area contributed by atoms with E-state index in [1.165, 1.54) is 0 Å². The smallest absolute Gasteiger partial charge is 0.0379 e. The second-order valence-electron chi connectivity index (χ2n) is 0. The molecule has 0 unspecified atom stereocenters. The van der Waals surface area contributed by atoms with Gasteiger partial charge in [-0.15, -0.1) is 0 Å². The molecule has 0 aliphatic carbocycles. The molecule has 0 N–H and O–H groups in total. The van der Waals surface area contributed by atoms with E-state index in [1.807, 2.05) is 0 Å². The van der Waals surface area contributed by atoms with E-state index in [2.05, 4.69) is 8.38 Å². The Morgan fingerprint density at radius 2 is 0.714 bits per heavy atom. The normalized spacial score (nSPS) is 0.857. The van der Waals surface area contributed by atoms with Gasteiger partial charge in [-0.1, -0.05) is 37.1 Å². The minimum Gasteiger partial charge on any atom is -0.0776 e. The fraction of sp³-hybridized carbons (Fsp3) is 1.00. The Hall–Kier alpha value is 0.649. The predicted molar refractivity (Wildman–Crippen MR) is 40.8 cm³/mol. The standard InChI is InChI=1S/5CH4.BH.V/h5*1H4;1H;/i;;;;;1T;. The summed E-state index contributed by atoms with van der Waals surface area (Å²) in [6.45, 7) is 0. The predicted octanol–water partition coefficient (Wildman–Crippen LogP) is 2.53. The van der Waals surface area contributed by atoms with E-state index in [9.17, 15) is 0 Å². The maximum Gasteiger partial charge on any atom is 0.0379 e. The summed E-state index contributed by atoms with van der Waals surface area (Å²) < 4.78 is 5.25. The molecule has 0 nitrogen and oxygen atoms in total. The maximum absolute atomic E-state index is 5.25. The zero-order valence-corrected chi connectivity index (χ0v) is 2.42. The van der Waals surface area contributed by atoms with Crippen LogP contribution in [-0.2, 0) is 18.6 Å². The Kier molecular flexibility index (Phi) is 8940. The number of rotatable bonds is 0. The first-order chi connectivity index (χ1) is 1.00. The largest absolute Gasteiger partial charge is 0.0776 e. The Bertz CT molecular complexity index is 12.4. The Morgan fingerprint density at radius 1 is 0.714 bits per heavy atom. The summed E-state index contributed by atoms with van der Waals surface area (Å²) in [5.74, 6) is 0. The summed E-state index contributed by atoms with van der Waals surface area (Å²) in [6.07, 6.45) is 0. The molecule has 0 saturated heterocycles. The molecule has 0 fully saturated rings. The summed E-state index contributed by atoms with van der Waals surface area (Å²) in [5, 5.41) is 0. The van der Waals surface area contributed by atoms with Crippen molar-refractivity contribution in [2.75, 3.05) is 0 Å². The van der Waals surface area contributed by atoms with E-state index in [-0.39, 0.29) is 55.7 Å². The average Bonchev–Trinajstić information content (AvgIpc) is 1.00. The van der Waals surface area contributed by atoms with E-state index >= 15 is 0 Å². The fourth-order valence-corrected chi connectivity index (χ4v) is 0. The topological polar surface area (TPSA) is 0 Å². The minimum atomic E-state index is 0. The van der Waals surface area contributed by atoms with E-state index < -0.39 is 0 Å². The number of hydrogen-bond donors (Lipinski definition) is 0. The van der Waals surface area contributed by atoms with Gasteiger partial charge < -0.3 is 0 Å². The van der Waals surface area contributed by atoms with Crippen LogP contribution >= 0.6 is 0 Å². The fourth-order valence-electron chi connectivity index (χ4n) is 0. The van der Waals surface area contributed by atoms with Crippen LogP contribution in [0.5, 0.6) is 0 Å². The first kappa shape index (κ1) is 124. The van der Waals surface area contributed by atoms with Crippen molar-refractivity contribution < 1.29 is 18.6 Å². The zero-order chi connectivity index (χ0) is 2.00. The molecule has 0 aromatic rings. The van der Waals surface area contributed by atoms with Gasteiger partial charge in [0.2, 0.25) is 0 Å². The van der Waals surface area contributed by atoms with Gasteiger partial charge in [0.05, 0.1) is 0 Å². The van der Waals surface area contributed by atoms with E-state index in [0.717, 1.165) is 0 Å². The van der Waals surface area contributed by atoms with Crippen LogP contribution in [0.4, 0.5) is 0 Å². The van der Waals surface area contributed by atoms with Crippen molar-refractivity contribution in [3.63, 3.8) is 0 Å². The van der Waals surface area contributed by atoms with Crippen LogP contribution in [0.1, 0.15) is 37.1 Å². The third-order valence-electron chi connectivity index (χ3n) is 0. The second kappa shape index (κ2) is 503. The Morgan fingerprint density at radius 3 is 0.714 bits per heavy atom. The van der Waals surface area contributed by atoms with Crippen LogP contribution in [0.2, 0.25) is 0 Å². The van der Waals surface area contributed by atoms with Crippen LogP contribution < -0.4 is 0 Å². The van der Waals surface area contributed by atoms with Crippen molar-refractivity contribution in [3.8, 4) is 0 Å². The third-order valence-corrected chi connectivity index (χ3v) is 0. The van der Waals surface area contributed by atoms with Gasteiger partial charge in [-0.05, 0) is 1.34 Å². The molecular formula is C5H21BV. The molecule has 3 radical (unpaired) electrons. The average molecular weight is 145 g/mol. The molecule has 0 saturated carbocycles. The summed E-state index contributed by atoms with van der Waals surface area (Å²) in [5.41, 5.74) is 0. The molecule has 0 bridgehead atoms. The van der Waals surface area contributed by atoms with Crippen LogP contribution in [0.15, 0.2) is 0 Å². The van der Waals surface area contributed by atoms with Crippen molar-refractivity contribution in [1.82, 2.24) is 0 Å². The van der Waals surface area contributed by atoms with Gasteiger partial charge in [-0.25, -0.2) is 0 Å². The van der Waals surface area contributed by atoms with Crippen molar-refractivity contribution >= 4 is 8.38 Å². The number of hydrogen-bond acceptors (Lipinski definition) is 0. The SMILES string of the molecule is C.C.C.C.C.[3H][B].[V]. The Labute approximate surface area is 65.9 Å². The van der Waals surface area contributed by atoms with Gasteiger partial charge in [0.1, 0.15) is 0 Å². The third kappa shape index (κ3) is 341. The summed E-state index contributed by atoms with van der Waals surface area (Å²) >= 11 is 0. The van der Waals surface area contributed by atoms with Gasteiger partial charge in [-0.3, -0.25) is 0 Å². The van der Waals surface area contributed by atoms with Gasteiger partial charge in [0.25, 0.3) is 0 Å². The quantitative estimate of drug-likeness (QED) is 0.459. The zero-order valence-electron chi connectivity index (χ0n) is 2.02. The molecule has 0 spiro atoms. The van der Waals surface area contributed by atoms with Crippen molar-refractivity contribution in [2.24, 2.45) is 0 Å².